The molecule has 27 heavy (non-hydrogen) atoms. The van der Waals surface area contributed by atoms with Gasteiger partial charge in [-0.3, -0.25) is 9.59 Å². The van der Waals surface area contributed by atoms with Gasteiger partial charge in [0.2, 0.25) is 5.91 Å². The fourth-order valence-electron chi connectivity index (χ4n) is 3.41. The lowest BCUT2D eigenvalue weighted by atomic mass is 9.89. The lowest BCUT2D eigenvalue weighted by Gasteiger charge is -2.17. The summed E-state index contributed by atoms with van der Waals surface area (Å²) in [6, 6.07) is 11.4. The van der Waals surface area contributed by atoms with Crippen molar-refractivity contribution in [1.29, 1.82) is 0 Å². The van der Waals surface area contributed by atoms with E-state index in [0.29, 0.717) is 17.1 Å². The van der Waals surface area contributed by atoms with Crippen LogP contribution in [0.25, 0.3) is 0 Å². The molecule has 2 aromatic rings. The van der Waals surface area contributed by atoms with E-state index in [1.807, 2.05) is 0 Å². The van der Waals surface area contributed by atoms with Gasteiger partial charge in [0.05, 0.1) is 19.4 Å². The Morgan fingerprint density at radius 2 is 1.93 bits per heavy atom. The van der Waals surface area contributed by atoms with Gasteiger partial charge < -0.3 is 14.7 Å². The fraction of sp³-hybridized carbons (Fsp3) is 0.300. The third kappa shape index (κ3) is 4.22. The maximum Gasteiger partial charge on any atom is 0.308 e. The van der Waals surface area contributed by atoms with Gasteiger partial charge in [-0.2, -0.15) is 0 Å². The molecule has 0 spiro atoms. The van der Waals surface area contributed by atoms with Crippen molar-refractivity contribution in [2.75, 3.05) is 20.2 Å². The van der Waals surface area contributed by atoms with E-state index >= 15 is 0 Å². The number of carboxylic acid groups (broad SMARTS) is 1. The van der Waals surface area contributed by atoms with Crippen LogP contribution in [0.3, 0.4) is 0 Å². The minimum Gasteiger partial charge on any atom is -0.494 e. The fourth-order valence-corrected chi connectivity index (χ4v) is 3.54. The summed E-state index contributed by atoms with van der Waals surface area (Å²) in [5.74, 6) is -2.60. The Hall–Kier alpha value is -2.60. The number of nitrogens with zero attached hydrogens (tertiary/aromatic N) is 1. The van der Waals surface area contributed by atoms with Crippen LogP contribution in [0.4, 0.5) is 4.39 Å². The van der Waals surface area contributed by atoms with Gasteiger partial charge in [0.1, 0.15) is 0 Å². The lowest BCUT2D eigenvalue weighted by molar-refractivity contribution is -0.141. The number of carbonyl (C=O) groups is 2. The highest BCUT2D eigenvalue weighted by Gasteiger charge is 2.40. The molecule has 0 bridgehead atoms. The number of methoxy groups -OCH3 is 1. The third-order valence-electron chi connectivity index (χ3n) is 4.86. The molecule has 1 heterocycles. The number of hydrogen-bond acceptors (Lipinski definition) is 3. The topological polar surface area (TPSA) is 66.8 Å². The molecule has 3 rings (SSSR count). The quantitative estimate of drug-likeness (QED) is 0.848. The van der Waals surface area contributed by atoms with E-state index in [4.69, 9.17) is 16.3 Å². The van der Waals surface area contributed by atoms with Crippen LogP contribution in [0.5, 0.6) is 5.75 Å². The molecule has 5 nitrogen and oxygen atoms in total. The van der Waals surface area contributed by atoms with Gasteiger partial charge in [-0.25, -0.2) is 4.39 Å². The normalized spacial score (nSPS) is 19.1. The van der Waals surface area contributed by atoms with Crippen LogP contribution in [0.15, 0.2) is 42.5 Å². The van der Waals surface area contributed by atoms with Gasteiger partial charge in [-0.15, -0.1) is 0 Å². The number of carbonyl (C=O) groups excluding carboxylic acids is 1. The Labute approximate surface area is 161 Å². The molecule has 1 amide bonds. The first kappa shape index (κ1) is 19.2. The predicted octanol–water partition coefficient (Wildman–Crippen LogP) is 3.36. The van der Waals surface area contributed by atoms with Crippen molar-refractivity contribution in [3.8, 4) is 5.75 Å². The van der Waals surface area contributed by atoms with Crippen molar-refractivity contribution in [2.24, 2.45) is 5.92 Å². The summed E-state index contributed by atoms with van der Waals surface area (Å²) >= 11 is 5.90. The first-order valence-electron chi connectivity index (χ1n) is 8.47. The molecule has 7 heteroatoms. The van der Waals surface area contributed by atoms with Gasteiger partial charge in [0, 0.05) is 24.0 Å². The second-order valence-electron chi connectivity index (χ2n) is 6.55. The largest absolute Gasteiger partial charge is 0.494 e. The smallest absolute Gasteiger partial charge is 0.308 e. The number of hydrogen-bond donors (Lipinski definition) is 1. The van der Waals surface area contributed by atoms with Gasteiger partial charge in [0.15, 0.2) is 11.6 Å². The maximum atomic E-state index is 13.8. The average molecular weight is 392 g/mol. The molecular formula is C20H19ClFNO4. The van der Waals surface area contributed by atoms with Crippen molar-refractivity contribution in [3.63, 3.8) is 0 Å². The molecule has 1 N–H and O–H groups in total. The minimum atomic E-state index is -0.944. The summed E-state index contributed by atoms with van der Waals surface area (Å²) in [6.45, 7) is 0.427. The zero-order valence-corrected chi connectivity index (χ0v) is 15.4. The Kier molecular flexibility index (Phi) is 5.65. The number of ether oxygens (including phenoxy) is 1. The molecule has 1 aliphatic rings. The molecule has 0 saturated carbocycles. The van der Waals surface area contributed by atoms with Crippen LogP contribution < -0.4 is 4.74 Å². The Balaban J connectivity index is 1.75. The van der Waals surface area contributed by atoms with Crippen LogP contribution in [-0.4, -0.2) is 42.1 Å². The first-order valence-corrected chi connectivity index (χ1v) is 8.85. The summed E-state index contributed by atoms with van der Waals surface area (Å²) in [4.78, 5) is 25.8. The van der Waals surface area contributed by atoms with E-state index in [1.54, 1.807) is 30.3 Å². The second-order valence-corrected chi connectivity index (χ2v) is 6.98. The van der Waals surface area contributed by atoms with E-state index < -0.39 is 17.7 Å². The van der Waals surface area contributed by atoms with Crippen LogP contribution in [-0.2, 0) is 16.0 Å². The van der Waals surface area contributed by atoms with Crippen LogP contribution in [0.2, 0.25) is 5.02 Å². The first-order chi connectivity index (χ1) is 12.9. The van der Waals surface area contributed by atoms with E-state index in [2.05, 4.69) is 0 Å². The SMILES string of the molecule is COc1ccc(CC(=O)N2C[C@@H](C(=O)O)[C@H](c3ccc(Cl)cc3)C2)cc1F. The van der Waals surface area contributed by atoms with Gasteiger partial charge in [0.25, 0.3) is 0 Å². The third-order valence-corrected chi connectivity index (χ3v) is 5.11. The number of aliphatic carboxylic acids is 1. The van der Waals surface area contributed by atoms with Crippen molar-refractivity contribution in [2.45, 2.75) is 12.3 Å². The molecular weight excluding hydrogens is 373 g/mol. The summed E-state index contributed by atoms with van der Waals surface area (Å²) < 4.78 is 18.7. The molecule has 0 radical (unpaired) electrons. The van der Waals surface area contributed by atoms with E-state index in [9.17, 15) is 19.1 Å². The molecule has 2 atom stereocenters. The Morgan fingerprint density at radius 1 is 1.22 bits per heavy atom. The highest BCUT2D eigenvalue weighted by molar-refractivity contribution is 6.30. The van der Waals surface area contributed by atoms with Crippen LogP contribution >= 0.6 is 11.6 Å². The molecule has 142 valence electrons. The highest BCUT2D eigenvalue weighted by atomic mass is 35.5. The number of halogens is 2. The highest BCUT2D eigenvalue weighted by Crippen LogP contribution is 2.34. The number of benzene rings is 2. The standard InChI is InChI=1S/C20H19ClFNO4/c1-27-18-7-2-12(8-17(18)22)9-19(24)23-10-15(16(11-23)20(25)26)13-3-5-14(21)6-4-13/h2-8,15-16H,9-11H2,1H3,(H,25,26)/t15-,16+/m0/s1. The molecule has 0 unspecified atom stereocenters. The Bertz CT molecular complexity index is 856. The van der Waals surface area contributed by atoms with Crippen LogP contribution in [0.1, 0.15) is 17.0 Å². The van der Waals surface area contributed by atoms with Crippen molar-refractivity contribution in [1.82, 2.24) is 4.90 Å². The van der Waals surface area contributed by atoms with Crippen molar-refractivity contribution in [3.05, 3.63) is 64.4 Å². The molecule has 0 aromatic heterocycles. The number of rotatable bonds is 5. The molecule has 1 aliphatic heterocycles. The molecule has 1 saturated heterocycles. The van der Waals surface area contributed by atoms with Crippen molar-refractivity contribution < 1.29 is 23.8 Å². The maximum absolute atomic E-state index is 13.8. The van der Waals surface area contributed by atoms with E-state index in [0.717, 1.165) is 5.56 Å². The van der Waals surface area contributed by atoms with Crippen molar-refractivity contribution >= 4 is 23.5 Å². The van der Waals surface area contributed by atoms with E-state index in [1.165, 1.54) is 24.1 Å². The second kappa shape index (κ2) is 7.96. The van der Waals surface area contributed by atoms with Gasteiger partial charge in [-0.05, 0) is 35.4 Å². The van der Waals surface area contributed by atoms with Gasteiger partial charge in [-0.1, -0.05) is 29.8 Å². The van der Waals surface area contributed by atoms with Crippen LogP contribution in [0, 0.1) is 11.7 Å². The number of carboxylic acids is 1. The lowest BCUT2D eigenvalue weighted by Crippen LogP contribution is -2.31. The van der Waals surface area contributed by atoms with E-state index in [-0.39, 0.29) is 30.5 Å². The zero-order valence-electron chi connectivity index (χ0n) is 14.7. The average Bonchev–Trinajstić information content (AvgIpc) is 3.08. The summed E-state index contributed by atoms with van der Waals surface area (Å²) in [5.41, 5.74) is 1.35. The predicted molar refractivity (Wildman–Crippen MR) is 98.6 cm³/mol. The molecule has 2 aromatic carbocycles. The summed E-state index contributed by atoms with van der Waals surface area (Å²) in [5, 5.41) is 10.1. The zero-order chi connectivity index (χ0) is 19.6. The summed E-state index contributed by atoms with van der Waals surface area (Å²) in [7, 11) is 1.37. The Morgan fingerprint density at radius 3 is 2.52 bits per heavy atom. The minimum absolute atomic E-state index is 0.000586. The molecule has 1 fully saturated rings. The number of likely N-dealkylation sites (tertiary alicyclic amines) is 1. The number of amides is 1. The van der Waals surface area contributed by atoms with Gasteiger partial charge >= 0.3 is 5.97 Å². The molecule has 0 aliphatic carbocycles. The summed E-state index contributed by atoms with van der Waals surface area (Å²) in [6.07, 6.45) is 0.000586. The monoisotopic (exact) mass is 391 g/mol.